The van der Waals surface area contributed by atoms with Crippen LogP contribution in [0.15, 0.2) is 17.5 Å². The van der Waals surface area contributed by atoms with Crippen molar-refractivity contribution in [3.05, 3.63) is 22.4 Å². The zero-order chi connectivity index (χ0) is 14.4. The number of nitrogens with zero attached hydrogens (tertiary/aromatic N) is 2. The second kappa shape index (κ2) is 7.25. The maximum absolute atomic E-state index is 12.3. The Kier molecular flexibility index (Phi) is 5.98. The number of hydrogen-bond acceptors (Lipinski definition) is 4. The number of thiophene rings is 1. The molecule has 1 atom stereocenters. The van der Waals surface area contributed by atoms with Crippen molar-refractivity contribution >= 4 is 23.2 Å². The molecule has 1 N–H and O–H groups in total. The summed E-state index contributed by atoms with van der Waals surface area (Å²) in [6, 6.07) is 3.59. The normalized spacial score (nSPS) is 12.4. The Bertz CT molecular complexity index is 418. The molecule has 1 aromatic heterocycles. The monoisotopic (exact) mass is 284 g/mol. The zero-order valence-corrected chi connectivity index (χ0v) is 12.3. The van der Waals surface area contributed by atoms with Crippen molar-refractivity contribution in [1.82, 2.24) is 9.80 Å². The molecule has 19 heavy (non-hydrogen) atoms. The van der Waals surface area contributed by atoms with Crippen LogP contribution >= 0.6 is 11.3 Å². The molecule has 0 bridgehead atoms. The van der Waals surface area contributed by atoms with E-state index >= 15 is 0 Å². The summed E-state index contributed by atoms with van der Waals surface area (Å²) in [5.41, 5.74) is 0. The summed E-state index contributed by atoms with van der Waals surface area (Å²) >= 11 is 1.38. The standard InChI is InChI=1S/C13H20N2O3S/c1-10(13(17)18)9-15(7-6-14(2)3)12(16)11-5-4-8-19-11/h4-5,8,10H,6-7,9H2,1-3H3,(H,17,18). The summed E-state index contributed by atoms with van der Waals surface area (Å²) in [4.78, 5) is 27.5. The first-order valence-corrected chi connectivity index (χ1v) is 7.00. The van der Waals surface area contributed by atoms with Crippen molar-refractivity contribution < 1.29 is 14.7 Å². The minimum atomic E-state index is -0.881. The van der Waals surface area contributed by atoms with Crippen molar-refractivity contribution in [3.8, 4) is 0 Å². The predicted molar refractivity (Wildman–Crippen MR) is 75.6 cm³/mol. The Morgan fingerprint density at radius 1 is 1.37 bits per heavy atom. The van der Waals surface area contributed by atoms with Crippen LogP contribution in [-0.4, -0.2) is 60.5 Å². The van der Waals surface area contributed by atoms with Gasteiger partial charge in [-0.05, 0) is 25.5 Å². The van der Waals surface area contributed by atoms with E-state index in [1.165, 1.54) is 11.3 Å². The first-order valence-electron chi connectivity index (χ1n) is 6.12. The van der Waals surface area contributed by atoms with E-state index in [9.17, 15) is 9.59 Å². The second-order valence-electron chi connectivity index (χ2n) is 4.77. The lowest BCUT2D eigenvalue weighted by Gasteiger charge is -2.25. The van der Waals surface area contributed by atoms with Gasteiger partial charge in [0.2, 0.25) is 0 Å². The van der Waals surface area contributed by atoms with E-state index in [0.717, 1.165) is 0 Å². The molecule has 5 nitrogen and oxygen atoms in total. The maximum Gasteiger partial charge on any atom is 0.308 e. The third-order valence-corrected chi connectivity index (χ3v) is 3.61. The van der Waals surface area contributed by atoms with Crippen LogP contribution in [0.3, 0.4) is 0 Å². The summed E-state index contributed by atoms with van der Waals surface area (Å²) in [5.74, 6) is -1.54. The smallest absolute Gasteiger partial charge is 0.308 e. The minimum absolute atomic E-state index is 0.0926. The summed E-state index contributed by atoms with van der Waals surface area (Å²) in [6.07, 6.45) is 0. The van der Waals surface area contributed by atoms with E-state index in [-0.39, 0.29) is 12.5 Å². The quantitative estimate of drug-likeness (QED) is 0.823. The van der Waals surface area contributed by atoms with Crippen molar-refractivity contribution in [3.63, 3.8) is 0 Å². The summed E-state index contributed by atoms with van der Waals surface area (Å²) in [6.45, 7) is 3.09. The van der Waals surface area contributed by atoms with Gasteiger partial charge in [-0.1, -0.05) is 13.0 Å². The molecular weight excluding hydrogens is 264 g/mol. The third-order valence-electron chi connectivity index (χ3n) is 2.75. The lowest BCUT2D eigenvalue weighted by Crippen LogP contribution is -2.40. The summed E-state index contributed by atoms with van der Waals surface area (Å²) in [5, 5.41) is 10.8. The number of carboxylic acid groups (broad SMARTS) is 1. The predicted octanol–water partition coefficient (Wildman–Crippen LogP) is 1.47. The van der Waals surface area contributed by atoms with Gasteiger partial charge in [-0.25, -0.2) is 0 Å². The van der Waals surface area contributed by atoms with Crippen molar-refractivity contribution in [1.29, 1.82) is 0 Å². The zero-order valence-electron chi connectivity index (χ0n) is 11.5. The van der Waals surface area contributed by atoms with Gasteiger partial charge >= 0.3 is 5.97 Å². The van der Waals surface area contributed by atoms with Crippen LogP contribution in [0.2, 0.25) is 0 Å². The molecule has 1 heterocycles. The highest BCUT2D eigenvalue weighted by molar-refractivity contribution is 7.12. The highest BCUT2D eigenvalue weighted by Crippen LogP contribution is 2.13. The van der Waals surface area contributed by atoms with Gasteiger partial charge in [-0.3, -0.25) is 9.59 Å². The molecule has 0 aliphatic carbocycles. The number of carbonyl (C=O) groups is 2. The van der Waals surface area contributed by atoms with Gasteiger partial charge in [0.25, 0.3) is 5.91 Å². The summed E-state index contributed by atoms with van der Waals surface area (Å²) in [7, 11) is 3.85. The topological polar surface area (TPSA) is 60.9 Å². The summed E-state index contributed by atoms with van der Waals surface area (Å²) < 4.78 is 0. The minimum Gasteiger partial charge on any atom is -0.481 e. The van der Waals surface area contributed by atoms with Gasteiger partial charge in [0, 0.05) is 19.6 Å². The molecule has 0 saturated carbocycles. The highest BCUT2D eigenvalue weighted by Gasteiger charge is 2.22. The van der Waals surface area contributed by atoms with Gasteiger partial charge < -0.3 is 14.9 Å². The number of aliphatic carboxylic acids is 1. The Morgan fingerprint density at radius 2 is 2.05 bits per heavy atom. The van der Waals surface area contributed by atoms with Crippen LogP contribution in [-0.2, 0) is 4.79 Å². The first kappa shape index (κ1) is 15.7. The average molecular weight is 284 g/mol. The fourth-order valence-corrected chi connectivity index (χ4v) is 2.25. The molecule has 6 heteroatoms. The van der Waals surface area contributed by atoms with E-state index in [0.29, 0.717) is 18.0 Å². The van der Waals surface area contributed by atoms with E-state index in [4.69, 9.17) is 5.11 Å². The SMILES string of the molecule is CC(CN(CCN(C)C)C(=O)c1cccs1)C(=O)O. The van der Waals surface area contributed by atoms with Crippen LogP contribution in [0, 0.1) is 5.92 Å². The molecule has 0 aromatic carbocycles. The second-order valence-corrected chi connectivity index (χ2v) is 5.72. The third kappa shape index (κ3) is 5.00. The Labute approximate surface area is 117 Å². The highest BCUT2D eigenvalue weighted by atomic mass is 32.1. The van der Waals surface area contributed by atoms with E-state index in [2.05, 4.69) is 0 Å². The van der Waals surface area contributed by atoms with Gasteiger partial charge in [-0.2, -0.15) is 0 Å². The molecule has 106 valence electrons. The molecule has 1 amide bonds. The van der Waals surface area contributed by atoms with Crippen molar-refractivity contribution in [2.45, 2.75) is 6.92 Å². The number of hydrogen-bond donors (Lipinski definition) is 1. The lowest BCUT2D eigenvalue weighted by molar-refractivity contribution is -0.141. The Balaban J connectivity index is 2.73. The van der Waals surface area contributed by atoms with E-state index in [1.54, 1.807) is 17.9 Å². The van der Waals surface area contributed by atoms with Crippen LogP contribution in [0.1, 0.15) is 16.6 Å². The van der Waals surface area contributed by atoms with Crippen LogP contribution in [0.25, 0.3) is 0 Å². The molecule has 0 spiro atoms. The molecule has 1 rings (SSSR count). The Morgan fingerprint density at radius 3 is 2.53 bits per heavy atom. The number of rotatable bonds is 7. The fourth-order valence-electron chi connectivity index (χ4n) is 1.56. The van der Waals surface area contributed by atoms with E-state index in [1.807, 2.05) is 30.4 Å². The molecule has 0 saturated heterocycles. The van der Waals surface area contributed by atoms with Crippen LogP contribution in [0.4, 0.5) is 0 Å². The fraction of sp³-hybridized carbons (Fsp3) is 0.538. The van der Waals surface area contributed by atoms with Crippen molar-refractivity contribution in [2.24, 2.45) is 5.92 Å². The molecular formula is C13H20N2O3S. The van der Waals surface area contributed by atoms with Gasteiger partial charge in [0.05, 0.1) is 10.8 Å². The van der Waals surface area contributed by atoms with Gasteiger partial charge in [0.15, 0.2) is 0 Å². The van der Waals surface area contributed by atoms with Gasteiger partial charge in [0.1, 0.15) is 0 Å². The molecule has 1 unspecified atom stereocenters. The number of carboxylic acids is 1. The Hall–Kier alpha value is -1.40. The van der Waals surface area contributed by atoms with Gasteiger partial charge in [-0.15, -0.1) is 11.3 Å². The van der Waals surface area contributed by atoms with Crippen LogP contribution in [0.5, 0.6) is 0 Å². The molecule has 1 aromatic rings. The maximum atomic E-state index is 12.3. The van der Waals surface area contributed by atoms with Crippen molar-refractivity contribution in [2.75, 3.05) is 33.7 Å². The largest absolute Gasteiger partial charge is 0.481 e. The number of carbonyl (C=O) groups excluding carboxylic acids is 1. The number of likely N-dealkylation sites (N-methyl/N-ethyl adjacent to an activating group) is 1. The number of amides is 1. The van der Waals surface area contributed by atoms with Crippen LogP contribution < -0.4 is 0 Å². The molecule has 0 radical (unpaired) electrons. The molecule has 0 aliphatic heterocycles. The molecule has 0 aliphatic rings. The first-order chi connectivity index (χ1) is 8.91. The molecule has 0 fully saturated rings. The average Bonchev–Trinajstić information content (AvgIpc) is 2.86. The lowest BCUT2D eigenvalue weighted by atomic mass is 10.1. The van der Waals surface area contributed by atoms with E-state index < -0.39 is 11.9 Å².